The topological polar surface area (TPSA) is 76.1 Å². The fraction of sp³-hybridized carbons (Fsp3) is 0.385. The van der Waals surface area contributed by atoms with E-state index in [4.69, 9.17) is 14.6 Å². The molecule has 0 aromatic heterocycles. The van der Waals surface area contributed by atoms with Gasteiger partial charge in [-0.05, 0) is 6.07 Å². The maximum atomic E-state index is 11.6. The molecule has 1 aromatic carbocycles. The summed E-state index contributed by atoms with van der Waals surface area (Å²) >= 11 is 0. The molecule has 1 N–H and O–H groups in total. The number of methoxy groups -OCH3 is 1. The lowest BCUT2D eigenvalue weighted by Crippen LogP contribution is -2.29. The number of rotatable bonds is 6. The summed E-state index contributed by atoms with van der Waals surface area (Å²) in [6.45, 7) is 0.195. The van der Waals surface area contributed by atoms with E-state index in [2.05, 4.69) is 0 Å². The molecule has 0 fully saturated rings. The number of hydrogen-bond acceptors (Lipinski definition) is 4. The molecule has 0 aliphatic rings. The van der Waals surface area contributed by atoms with E-state index in [1.807, 2.05) is 12.1 Å². The zero-order chi connectivity index (χ0) is 14.3. The van der Waals surface area contributed by atoms with Crippen molar-refractivity contribution in [2.45, 2.75) is 13.0 Å². The summed E-state index contributed by atoms with van der Waals surface area (Å²) in [6, 6.07) is 7.21. The number of hydrogen-bond donors (Lipinski definition) is 1. The van der Waals surface area contributed by atoms with Gasteiger partial charge in [-0.15, -0.1) is 0 Å². The van der Waals surface area contributed by atoms with E-state index in [0.29, 0.717) is 5.75 Å². The largest absolute Gasteiger partial charge is 0.496 e. The second-order valence-corrected chi connectivity index (χ2v) is 3.93. The van der Waals surface area contributed by atoms with E-state index in [-0.39, 0.29) is 19.6 Å². The summed E-state index contributed by atoms with van der Waals surface area (Å²) < 4.78 is 10.2. The Balaban J connectivity index is 2.47. The lowest BCUT2D eigenvalue weighted by molar-refractivity contribution is -0.137. The van der Waals surface area contributed by atoms with Crippen molar-refractivity contribution in [3.63, 3.8) is 0 Å². The molecule has 6 heteroatoms. The first-order valence-electron chi connectivity index (χ1n) is 5.76. The van der Waals surface area contributed by atoms with Gasteiger partial charge in [0.25, 0.3) is 0 Å². The molecule has 0 heterocycles. The number of carbonyl (C=O) groups excluding carboxylic acids is 1. The highest BCUT2D eigenvalue weighted by atomic mass is 16.6. The molecule has 0 aliphatic heterocycles. The molecule has 0 atom stereocenters. The van der Waals surface area contributed by atoms with Crippen molar-refractivity contribution in [3.8, 4) is 5.75 Å². The summed E-state index contributed by atoms with van der Waals surface area (Å²) in [5, 5.41) is 8.53. The molecule has 0 saturated carbocycles. The molecule has 0 bridgehead atoms. The zero-order valence-electron chi connectivity index (χ0n) is 11.0. The number of aliphatic carboxylic acids is 1. The van der Waals surface area contributed by atoms with Gasteiger partial charge in [0.15, 0.2) is 0 Å². The summed E-state index contributed by atoms with van der Waals surface area (Å²) in [5.74, 6) is -0.312. The van der Waals surface area contributed by atoms with Gasteiger partial charge < -0.3 is 19.5 Å². The maximum Gasteiger partial charge on any atom is 0.409 e. The monoisotopic (exact) mass is 267 g/mol. The Morgan fingerprint density at radius 1 is 1.32 bits per heavy atom. The van der Waals surface area contributed by atoms with Crippen LogP contribution in [0.2, 0.25) is 0 Å². The van der Waals surface area contributed by atoms with Gasteiger partial charge in [-0.1, -0.05) is 18.2 Å². The van der Waals surface area contributed by atoms with Crippen molar-refractivity contribution < 1.29 is 24.2 Å². The minimum Gasteiger partial charge on any atom is -0.496 e. The molecule has 0 unspecified atom stereocenters. The van der Waals surface area contributed by atoms with Crippen LogP contribution in [0.5, 0.6) is 5.75 Å². The van der Waals surface area contributed by atoms with Crippen LogP contribution in [0.1, 0.15) is 12.0 Å². The Bertz CT molecular complexity index is 446. The zero-order valence-corrected chi connectivity index (χ0v) is 11.0. The van der Waals surface area contributed by atoms with E-state index < -0.39 is 12.1 Å². The quantitative estimate of drug-likeness (QED) is 0.849. The van der Waals surface area contributed by atoms with Gasteiger partial charge in [0.05, 0.1) is 13.5 Å². The van der Waals surface area contributed by atoms with E-state index in [1.54, 1.807) is 19.2 Å². The number of ether oxygens (including phenoxy) is 2. The van der Waals surface area contributed by atoms with Crippen LogP contribution in [0, 0.1) is 0 Å². The number of amides is 1. The van der Waals surface area contributed by atoms with E-state index in [0.717, 1.165) is 5.56 Å². The molecule has 19 heavy (non-hydrogen) atoms. The number of benzene rings is 1. The van der Waals surface area contributed by atoms with E-state index >= 15 is 0 Å². The molecule has 0 radical (unpaired) electrons. The minimum atomic E-state index is -0.954. The first-order chi connectivity index (χ1) is 9.04. The van der Waals surface area contributed by atoms with E-state index in [1.165, 1.54) is 11.9 Å². The Labute approximate surface area is 111 Å². The molecule has 1 aromatic rings. The third-order valence-corrected chi connectivity index (χ3v) is 2.52. The van der Waals surface area contributed by atoms with Crippen LogP contribution in [0.4, 0.5) is 4.79 Å². The highest BCUT2D eigenvalue weighted by Gasteiger charge is 2.12. The van der Waals surface area contributed by atoms with Crippen molar-refractivity contribution in [2.75, 3.05) is 20.7 Å². The molecule has 104 valence electrons. The number of carboxylic acids is 1. The summed E-state index contributed by atoms with van der Waals surface area (Å²) in [7, 11) is 3.03. The third-order valence-electron chi connectivity index (χ3n) is 2.52. The van der Waals surface area contributed by atoms with Gasteiger partial charge in [-0.3, -0.25) is 4.79 Å². The lowest BCUT2D eigenvalue weighted by atomic mass is 10.2. The van der Waals surface area contributed by atoms with Gasteiger partial charge in [-0.25, -0.2) is 4.79 Å². The van der Waals surface area contributed by atoms with Crippen LogP contribution in [0.15, 0.2) is 24.3 Å². The van der Waals surface area contributed by atoms with Crippen LogP contribution in [0.3, 0.4) is 0 Å². The van der Waals surface area contributed by atoms with Gasteiger partial charge in [0.1, 0.15) is 12.4 Å². The summed E-state index contributed by atoms with van der Waals surface area (Å²) in [6.07, 6.45) is -0.674. The Kier molecular flexibility index (Phi) is 5.66. The third kappa shape index (κ3) is 4.87. The van der Waals surface area contributed by atoms with E-state index in [9.17, 15) is 9.59 Å². The van der Waals surface area contributed by atoms with Crippen molar-refractivity contribution in [3.05, 3.63) is 29.8 Å². The predicted molar refractivity (Wildman–Crippen MR) is 68.1 cm³/mol. The molecule has 1 amide bonds. The average molecular weight is 267 g/mol. The highest BCUT2D eigenvalue weighted by Crippen LogP contribution is 2.18. The SMILES string of the molecule is COc1ccccc1COC(=O)N(C)CCC(=O)O. The van der Waals surface area contributed by atoms with Crippen LogP contribution >= 0.6 is 0 Å². The number of para-hydroxylation sites is 1. The maximum absolute atomic E-state index is 11.6. The van der Waals surface area contributed by atoms with Crippen molar-refractivity contribution in [1.82, 2.24) is 4.90 Å². The van der Waals surface area contributed by atoms with Gasteiger partial charge in [-0.2, -0.15) is 0 Å². The summed E-state index contributed by atoms with van der Waals surface area (Å²) in [4.78, 5) is 23.2. The standard InChI is InChI=1S/C13H17NO5/c1-14(8-7-12(15)16)13(17)19-9-10-5-3-4-6-11(10)18-2/h3-6H,7-9H2,1-2H3,(H,15,16). The molecule has 6 nitrogen and oxygen atoms in total. The molecule has 0 saturated heterocycles. The molecular weight excluding hydrogens is 250 g/mol. The number of carbonyl (C=O) groups is 2. The number of nitrogens with zero attached hydrogens (tertiary/aromatic N) is 1. The average Bonchev–Trinajstić information content (AvgIpc) is 2.42. The second kappa shape index (κ2) is 7.25. The lowest BCUT2D eigenvalue weighted by Gasteiger charge is -2.16. The number of carboxylic acid groups (broad SMARTS) is 1. The Hall–Kier alpha value is -2.24. The van der Waals surface area contributed by atoms with Gasteiger partial charge in [0, 0.05) is 19.2 Å². The Morgan fingerprint density at radius 2 is 2.00 bits per heavy atom. The fourth-order valence-corrected chi connectivity index (χ4v) is 1.43. The molecular formula is C13H17NO5. The minimum absolute atomic E-state index is 0.0836. The van der Waals surface area contributed by atoms with Crippen LogP contribution < -0.4 is 4.74 Å². The first-order valence-corrected chi connectivity index (χ1v) is 5.76. The van der Waals surface area contributed by atoms with Crippen LogP contribution in [0.25, 0.3) is 0 Å². The van der Waals surface area contributed by atoms with Crippen molar-refractivity contribution >= 4 is 12.1 Å². The normalized spacial score (nSPS) is 9.79. The fourth-order valence-electron chi connectivity index (χ4n) is 1.43. The highest BCUT2D eigenvalue weighted by molar-refractivity contribution is 5.70. The molecule has 0 spiro atoms. The summed E-state index contributed by atoms with van der Waals surface area (Å²) in [5.41, 5.74) is 0.755. The first kappa shape index (κ1) is 14.8. The van der Waals surface area contributed by atoms with Gasteiger partial charge >= 0.3 is 12.1 Å². The van der Waals surface area contributed by atoms with Crippen LogP contribution in [-0.4, -0.2) is 42.8 Å². The molecule has 0 aliphatic carbocycles. The van der Waals surface area contributed by atoms with Crippen molar-refractivity contribution in [2.24, 2.45) is 0 Å². The Morgan fingerprint density at radius 3 is 2.63 bits per heavy atom. The second-order valence-electron chi connectivity index (χ2n) is 3.93. The van der Waals surface area contributed by atoms with Crippen molar-refractivity contribution in [1.29, 1.82) is 0 Å². The van der Waals surface area contributed by atoms with Gasteiger partial charge in [0.2, 0.25) is 0 Å². The molecule has 1 rings (SSSR count). The van der Waals surface area contributed by atoms with Crippen LogP contribution in [-0.2, 0) is 16.1 Å². The smallest absolute Gasteiger partial charge is 0.409 e. The predicted octanol–water partition coefficient (Wildman–Crippen LogP) is 1.74.